The van der Waals surface area contributed by atoms with E-state index >= 15 is 0 Å². The first-order valence-corrected chi connectivity index (χ1v) is 8.15. The molecule has 1 aliphatic heterocycles. The number of benzene rings is 1. The molecule has 1 fully saturated rings. The maximum atomic E-state index is 12.7. The van der Waals surface area contributed by atoms with Crippen LogP contribution in [-0.2, 0) is 4.79 Å². The molecule has 0 aliphatic carbocycles. The van der Waals surface area contributed by atoms with Gasteiger partial charge in [0.2, 0.25) is 5.88 Å². The van der Waals surface area contributed by atoms with Crippen LogP contribution in [-0.4, -0.2) is 47.1 Å². The average Bonchev–Trinajstić information content (AvgIpc) is 3.07. The highest BCUT2D eigenvalue weighted by molar-refractivity contribution is 6.30. The van der Waals surface area contributed by atoms with Crippen molar-refractivity contribution in [2.75, 3.05) is 20.2 Å². The van der Waals surface area contributed by atoms with Crippen LogP contribution in [0.15, 0.2) is 42.6 Å². The van der Waals surface area contributed by atoms with Crippen molar-refractivity contribution in [1.82, 2.24) is 9.88 Å². The largest absolute Gasteiger partial charge is 0.481 e. The van der Waals surface area contributed by atoms with Crippen LogP contribution in [0.4, 0.5) is 0 Å². The average molecular weight is 361 g/mol. The molecule has 6 nitrogen and oxygen atoms in total. The Balaban J connectivity index is 1.82. The molecule has 7 heteroatoms. The van der Waals surface area contributed by atoms with Gasteiger partial charge in [-0.15, -0.1) is 0 Å². The molecular weight excluding hydrogens is 344 g/mol. The smallest absolute Gasteiger partial charge is 0.308 e. The van der Waals surface area contributed by atoms with Crippen LogP contribution in [0.1, 0.15) is 21.8 Å². The lowest BCUT2D eigenvalue weighted by molar-refractivity contribution is -0.141. The number of aromatic nitrogens is 1. The van der Waals surface area contributed by atoms with Gasteiger partial charge < -0.3 is 14.7 Å². The van der Waals surface area contributed by atoms with Gasteiger partial charge >= 0.3 is 5.97 Å². The first kappa shape index (κ1) is 17.2. The zero-order chi connectivity index (χ0) is 18.0. The number of nitrogens with zero attached hydrogens (tertiary/aromatic N) is 2. The van der Waals surface area contributed by atoms with Crippen molar-refractivity contribution in [3.8, 4) is 5.88 Å². The van der Waals surface area contributed by atoms with E-state index in [2.05, 4.69) is 4.98 Å². The fourth-order valence-electron chi connectivity index (χ4n) is 3.08. The minimum Gasteiger partial charge on any atom is -0.481 e. The van der Waals surface area contributed by atoms with E-state index in [1.54, 1.807) is 29.2 Å². The molecule has 3 rings (SSSR count). The van der Waals surface area contributed by atoms with Gasteiger partial charge in [-0.3, -0.25) is 9.59 Å². The molecule has 1 aromatic heterocycles. The van der Waals surface area contributed by atoms with E-state index in [0.717, 1.165) is 5.56 Å². The molecule has 0 bridgehead atoms. The lowest BCUT2D eigenvalue weighted by Crippen LogP contribution is -2.30. The van der Waals surface area contributed by atoms with Crippen LogP contribution in [0.5, 0.6) is 5.88 Å². The number of halogens is 1. The van der Waals surface area contributed by atoms with Crippen LogP contribution in [0.2, 0.25) is 5.02 Å². The zero-order valence-electron chi connectivity index (χ0n) is 13.6. The van der Waals surface area contributed by atoms with E-state index in [0.29, 0.717) is 23.0 Å². The molecule has 2 heterocycles. The van der Waals surface area contributed by atoms with Crippen molar-refractivity contribution in [3.63, 3.8) is 0 Å². The SMILES string of the molecule is COc1ccc(C(=O)N2C[C@@H](C(=O)O)[C@H](c3ccc(Cl)cc3)C2)cn1. The molecule has 130 valence electrons. The van der Waals surface area contributed by atoms with E-state index in [9.17, 15) is 14.7 Å². The fourth-order valence-corrected chi connectivity index (χ4v) is 3.20. The van der Waals surface area contributed by atoms with Gasteiger partial charge in [-0.25, -0.2) is 4.98 Å². The van der Waals surface area contributed by atoms with Gasteiger partial charge in [0, 0.05) is 36.3 Å². The number of methoxy groups -OCH3 is 1. The van der Waals surface area contributed by atoms with E-state index in [-0.39, 0.29) is 18.4 Å². The van der Waals surface area contributed by atoms with Crippen molar-refractivity contribution >= 4 is 23.5 Å². The van der Waals surface area contributed by atoms with Gasteiger partial charge in [-0.1, -0.05) is 23.7 Å². The first-order chi connectivity index (χ1) is 12.0. The normalized spacial score (nSPS) is 19.7. The number of carboxylic acids is 1. The molecule has 1 aliphatic rings. The highest BCUT2D eigenvalue weighted by Crippen LogP contribution is 2.34. The number of carbonyl (C=O) groups is 2. The molecule has 1 aromatic carbocycles. The summed E-state index contributed by atoms with van der Waals surface area (Å²) in [6.45, 7) is 0.497. The summed E-state index contributed by atoms with van der Waals surface area (Å²) in [4.78, 5) is 29.9. The number of pyridine rings is 1. The van der Waals surface area contributed by atoms with Gasteiger partial charge in [0.1, 0.15) is 0 Å². The number of hydrogen-bond donors (Lipinski definition) is 1. The number of rotatable bonds is 4. The molecule has 1 amide bonds. The van der Waals surface area contributed by atoms with E-state index in [1.807, 2.05) is 12.1 Å². The van der Waals surface area contributed by atoms with Gasteiger partial charge in [-0.05, 0) is 23.8 Å². The van der Waals surface area contributed by atoms with Crippen LogP contribution in [0.3, 0.4) is 0 Å². The Bertz CT molecular complexity index is 777. The topological polar surface area (TPSA) is 79.7 Å². The van der Waals surface area contributed by atoms with Crippen molar-refractivity contribution in [1.29, 1.82) is 0 Å². The standard InChI is InChI=1S/C18H17ClN2O4/c1-25-16-7-4-12(8-20-16)17(22)21-9-14(15(10-21)18(23)24)11-2-5-13(19)6-3-11/h2-8,14-15H,9-10H2,1H3,(H,23,24)/t14-,15+/m0/s1. The van der Waals surface area contributed by atoms with Crippen molar-refractivity contribution in [3.05, 3.63) is 58.7 Å². The third-order valence-corrected chi connectivity index (χ3v) is 4.67. The maximum absolute atomic E-state index is 12.7. The maximum Gasteiger partial charge on any atom is 0.308 e. The molecule has 2 atom stereocenters. The molecule has 0 radical (unpaired) electrons. The van der Waals surface area contributed by atoms with Gasteiger partial charge in [0.15, 0.2) is 0 Å². The summed E-state index contributed by atoms with van der Waals surface area (Å²) in [6.07, 6.45) is 1.44. The highest BCUT2D eigenvalue weighted by atomic mass is 35.5. The molecule has 1 N–H and O–H groups in total. The number of carbonyl (C=O) groups excluding carboxylic acids is 1. The second-order valence-electron chi connectivity index (χ2n) is 5.90. The lowest BCUT2D eigenvalue weighted by atomic mass is 9.89. The number of amides is 1. The van der Waals surface area contributed by atoms with E-state index in [1.165, 1.54) is 13.3 Å². The number of aliphatic carboxylic acids is 1. The summed E-state index contributed by atoms with van der Waals surface area (Å²) in [5.41, 5.74) is 1.27. The Morgan fingerprint density at radius 1 is 1.20 bits per heavy atom. The third kappa shape index (κ3) is 3.58. The number of carboxylic acid groups (broad SMARTS) is 1. The molecule has 1 saturated heterocycles. The zero-order valence-corrected chi connectivity index (χ0v) is 14.3. The van der Waals surface area contributed by atoms with Gasteiger partial charge in [-0.2, -0.15) is 0 Å². The summed E-state index contributed by atoms with van der Waals surface area (Å²) >= 11 is 5.90. The van der Waals surface area contributed by atoms with Gasteiger partial charge in [0.05, 0.1) is 18.6 Å². The van der Waals surface area contributed by atoms with Crippen LogP contribution in [0, 0.1) is 5.92 Å². The predicted octanol–water partition coefficient (Wildman–Crippen LogP) is 2.68. The Labute approximate surface area is 150 Å². The van der Waals surface area contributed by atoms with Gasteiger partial charge in [0.25, 0.3) is 5.91 Å². The summed E-state index contributed by atoms with van der Waals surface area (Å²) < 4.78 is 4.98. The molecular formula is C18H17ClN2O4. The molecule has 0 saturated carbocycles. The monoisotopic (exact) mass is 360 g/mol. The van der Waals surface area contributed by atoms with Crippen molar-refractivity contribution < 1.29 is 19.4 Å². The first-order valence-electron chi connectivity index (χ1n) is 7.77. The highest BCUT2D eigenvalue weighted by Gasteiger charge is 2.40. The second-order valence-corrected chi connectivity index (χ2v) is 6.34. The Morgan fingerprint density at radius 2 is 1.92 bits per heavy atom. The number of likely N-dealkylation sites (tertiary alicyclic amines) is 1. The van der Waals surface area contributed by atoms with Crippen LogP contribution in [0.25, 0.3) is 0 Å². The Morgan fingerprint density at radius 3 is 2.48 bits per heavy atom. The van der Waals surface area contributed by atoms with Crippen LogP contribution >= 0.6 is 11.6 Å². The minimum absolute atomic E-state index is 0.160. The Hall–Kier alpha value is -2.60. The minimum atomic E-state index is -0.914. The predicted molar refractivity (Wildman–Crippen MR) is 92.0 cm³/mol. The van der Waals surface area contributed by atoms with Crippen molar-refractivity contribution in [2.45, 2.75) is 5.92 Å². The molecule has 2 aromatic rings. The van der Waals surface area contributed by atoms with E-state index < -0.39 is 11.9 Å². The third-order valence-electron chi connectivity index (χ3n) is 4.41. The van der Waals surface area contributed by atoms with Crippen LogP contribution < -0.4 is 4.74 Å². The summed E-state index contributed by atoms with van der Waals surface area (Å²) in [5, 5.41) is 10.1. The summed E-state index contributed by atoms with van der Waals surface area (Å²) in [7, 11) is 1.50. The second kappa shape index (κ2) is 7.11. The molecule has 0 unspecified atom stereocenters. The molecule has 0 spiro atoms. The quantitative estimate of drug-likeness (QED) is 0.906. The number of hydrogen-bond acceptors (Lipinski definition) is 4. The number of ether oxygens (including phenoxy) is 1. The Kier molecular flexibility index (Phi) is 4.90. The fraction of sp³-hybridized carbons (Fsp3) is 0.278. The summed E-state index contributed by atoms with van der Waals surface area (Å²) in [5.74, 6) is -1.66. The lowest BCUT2D eigenvalue weighted by Gasteiger charge is -2.16. The van der Waals surface area contributed by atoms with E-state index in [4.69, 9.17) is 16.3 Å². The molecule has 25 heavy (non-hydrogen) atoms. The van der Waals surface area contributed by atoms with Crippen molar-refractivity contribution in [2.24, 2.45) is 5.92 Å². The summed E-state index contributed by atoms with van der Waals surface area (Å²) in [6, 6.07) is 10.3.